The van der Waals surface area contributed by atoms with Gasteiger partial charge < -0.3 is 0 Å². The van der Waals surface area contributed by atoms with Crippen molar-refractivity contribution in [2.75, 3.05) is 0 Å². The Hall–Kier alpha value is -7.33. The molecule has 8 aromatic carbocycles. The first kappa shape index (κ1) is 32.4. The fourth-order valence-corrected chi connectivity index (χ4v) is 11.0. The molecule has 0 unspecified atom stereocenters. The number of ether oxygens (including phenoxy) is 1. The number of fused-ring (bicyclic) bond motifs is 5. The van der Waals surface area contributed by atoms with Crippen molar-refractivity contribution in [1.82, 2.24) is 18.7 Å². The van der Waals surface area contributed by atoms with Crippen molar-refractivity contribution in [3.63, 3.8) is 0 Å². The van der Waals surface area contributed by atoms with Crippen molar-refractivity contribution in [3.05, 3.63) is 220 Å². The minimum atomic E-state index is -0.540. The summed E-state index contributed by atoms with van der Waals surface area (Å²) in [5, 5.41) is 2.13. The third-order valence-electron chi connectivity index (χ3n) is 13.2. The van der Waals surface area contributed by atoms with Gasteiger partial charge >= 0.3 is 326 Å². The molecule has 3 heterocycles. The van der Waals surface area contributed by atoms with Crippen LogP contribution in [0.3, 0.4) is 0 Å². The molecule has 11 aromatic rings. The van der Waals surface area contributed by atoms with Crippen LogP contribution in [-0.4, -0.2) is 18.7 Å². The summed E-state index contributed by atoms with van der Waals surface area (Å²) >= 11 is 2.22. The Morgan fingerprint density at radius 2 is 1.26 bits per heavy atom. The monoisotopic (exact) mass is 1070 g/mol. The van der Waals surface area contributed by atoms with Crippen molar-refractivity contribution in [2.45, 2.75) is 52.4 Å². The molecular formula is C62H50N4OPt. The van der Waals surface area contributed by atoms with Gasteiger partial charge in [-0.3, -0.25) is 0 Å². The van der Waals surface area contributed by atoms with E-state index in [1.807, 2.05) is 94.2 Å². The van der Waals surface area contributed by atoms with Crippen LogP contribution < -0.4 is 4.74 Å². The molecule has 0 saturated carbocycles. The van der Waals surface area contributed by atoms with Crippen LogP contribution >= 0.6 is 0 Å². The maximum atomic E-state index is 9.35. The zero-order valence-corrected chi connectivity index (χ0v) is 40.1. The molecule has 0 atom stereocenters. The first-order valence-electron chi connectivity index (χ1n) is 27.7. The quantitative estimate of drug-likeness (QED) is 0.152. The van der Waals surface area contributed by atoms with Crippen LogP contribution in [0.4, 0.5) is 0 Å². The number of hydrogen-bond acceptors (Lipinski definition) is 2. The Morgan fingerprint density at radius 1 is 0.588 bits per heavy atom. The van der Waals surface area contributed by atoms with E-state index in [-0.39, 0.29) is 22.1 Å². The Kier molecular flexibility index (Phi) is 7.99. The van der Waals surface area contributed by atoms with Crippen LogP contribution in [0, 0.1) is 10.7 Å². The second-order valence-corrected chi connectivity index (χ2v) is 19.4. The van der Waals surface area contributed by atoms with E-state index in [9.17, 15) is 5.48 Å². The molecule has 68 heavy (non-hydrogen) atoms. The van der Waals surface area contributed by atoms with Crippen molar-refractivity contribution in [2.24, 2.45) is 0 Å². The number of rotatable bonds is 8. The molecule has 6 heteroatoms. The van der Waals surface area contributed by atoms with Gasteiger partial charge in [-0.05, 0) is 29.0 Å². The predicted octanol–water partition coefficient (Wildman–Crippen LogP) is 15.9. The number of aromatic nitrogens is 4. The molecule has 5 nitrogen and oxygen atoms in total. The summed E-state index contributed by atoms with van der Waals surface area (Å²) in [6, 6.07) is 37.7. The normalized spacial score (nSPS) is 14.7. The third kappa shape index (κ3) is 7.20. The number of pyridine rings is 1. The third-order valence-corrected chi connectivity index (χ3v) is 14.2. The maximum absolute atomic E-state index is 9.35. The average molecular weight is 1070 g/mol. The van der Waals surface area contributed by atoms with Crippen LogP contribution in [0.5, 0.6) is 11.5 Å². The predicted molar refractivity (Wildman–Crippen MR) is 276 cm³/mol. The number of imidazole rings is 1. The first-order valence-corrected chi connectivity index (χ1v) is 23.9. The Labute approximate surface area is 422 Å². The zero-order valence-electron chi connectivity index (χ0n) is 47.8. The zero-order chi connectivity index (χ0) is 54.8. The molecule has 0 fully saturated rings. The molecule has 0 spiro atoms. The molecule has 1 aliphatic rings. The van der Waals surface area contributed by atoms with Crippen LogP contribution in [0.25, 0.3) is 83.4 Å². The van der Waals surface area contributed by atoms with Crippen molar-refractivity contribution >= 4 is 32.8 Å². The summed E-state index contributed by atoms with van der Waals surface area (Å²) in [4.78, 5) is 5.08. The first-order chi connectivity index (χ1) is 37.3. The second-order valence-electron chi connectivity index (χ2n) is 18.4. The number of para-hydroxylation sites is 3. The number of benzene rings is 8. The standard InChI is InChI=1S/C62H50N4O.Pt/c1-41-35-59(63-39-54(41)43-29-31-46(32-30-43)62(2,3)4)66-55-26-12-11-24-51(55)52-34-33-49(38-58(52)66)67-48-23-16-22-47(37-48)64-40-65(57-28-14-13-27-56(57)64)61-53(42-17-7-5-8-18-42)36-45-21-15-25-50(45)60(61)44-19-9-6-10-20-44;/h5-14,16-20,22-24,26-39H,15,21,25H2,1-4H3;/i5D,6D,7D,8D,9D,10D,17D,18D,19D,20D;. The van der Waals surface area contributed by atoms with E-state index in [1.165, 1.54) is 5.56 Å². The van der Waals surface area contributed by atoms with E-state index >= 15 is 0 Å². The topological polar surface area (TPSA) is 36.9 Å². The van der Waals surface area contributed by atoms with E-state index in [0.717, 1.165) is 61.0 Å². The molecule has 0 bridgehead atoms. The number of aryl methyl sites for hydroxylation is 2. The van der Waals surface area contributed by atoms with E-state index in [0.29, 0.717) is 57.0 Å². The summed E-state index contributed by atoms with van der Waals surface area (Å²) in [5.74, 6) is 1.92. The van der Waals surface area contributed by atoms with E-state index < -0.39 is 60.4 Å². The van der Waals surface area contributed by atoms with Gasteiger partial charge in [0.15, 0.2) is 0 Å². The minimum absolute atomic E-state index is 0.0278. The van der Waals surface area contributed by atoms with Crippen LogP contribution in [-0.2, 0) is 37.6 Å². The van der Waals surface area contributed by atoms with E-state index in [4.69, 9.17) is 17.9 Å². The summed E-state index contributed by atoms with van der Waals surface area (Å²) in [6.45, 7) is 8.76. The summed E-state index contributed by atoms with van der Waals surface area (Å²) in [5.41, 5.74) is 11.1. The van der Waals surface area contributed by atoms with Gasteiger partial charge in [-0.1, -0.05) is 57.2 Å². The summed E-state index contributed by atoms with van der Waals surface area (Å²) in [7, 11) is 0. The van der Waals surface area contributed by atoms with Gasteiger partial charge in [0, 0.05) is 11.8 Å². The molecule has 0 aliphatic heterocycles. The van der Waals surface area contributed by atoms with Gasteiger partial charge in [-0.15, -0.1) is 0 Å². The SMILES string of the molecule is [2H]c1c([2H])c([2H])c(-c2cc3c(c(-c4c([2H])c([2H])c([2H])c([2H])c4[2H])c2-n2[c](=[Pt])n(-c4cccc(Oc5ccc6c7ccccc7n(-c7cc(C)c(-c8ccc(C(C)(C)C)cc8)cn7)c6c5)c4)c4ccccc42)CCC3)c([2H])c1[2H]. The summed E-state index contributed by atoms with van der Waals surface area (Å²) in [6.07, 6.45) is 3.76. The number of hydrogen-bond donors (Lipinski definition) is 0. The molecule has 0 amide bonds. The Morgan fingerprint density at radius 3 is 2.00 bits per heavy atom. The van der Waals surface area contributed by atoms with Gasteiger partial charge in [0.25, 0.3) is 0 Å². The van der Waals surface area contributed by atoms with Crippen molar-refractivity contribution in [3.8, 4) is 62.1 Å². The second kappa shape index (κ2) is 16.8. The summed E-state index contributed by atoms with van der Waals surface area (Å²) < 4.78 is 103. The van der Waals surface area contributed by atoms with Crippen LogP contribution in [0.15, 0.2) is 194 Å². The van der Waals surface area contributed by atoms with Crippen molar-refractivity contribution < 1.29 is 37.8 Å². The van der Waals surface area contributed by atoms with Gasteiger partial charge in [-0.2, -0.15) is 0 Å². The molecule has 1 aliphatic carbocycles. The van der Waals surface area contributed by atoms with E-state index in [1.54, 1.807) is 0 Å². The molecule has 0 saturated heterocycles. The molecule has 334 valence electrons. The molecule has 12 rings (SSSR count). The van der Waals surface area contributed by atoms with Crippen LogP contribution in [0.1, 0.15) is 63.2 Å². The molecule has 0 N–H and O–H groups in total. The Balaban J connectivity index is 1.02. The van der Waals surface area contributed by atoms with Crippen molar-refractivity contribution in [1.29, 1.82) is 0 Å². The van der Waals surface area contributed by atoms with Gasteiger partial charge in [0.2, 0.25) is 0 Å². The molecule has 3 aromatic heterocycles. The Bertz CT molecular complexity index is 4360. The van der Waals surface area contributed by atoms with Crippen LogP contribution in [0.2, 0.25) is 0 Å². The van der Waals surface area contributed by atoms with Gasteiger partial charge in [0.1, 0.15) is 0 Å². The fourth-order valence-electron chi connectivity index (χ4n) is 9.95. The molecular weight excluding hydrogens is 1010 g/mol. The van der Waals surface area contributed by atoms with E-state index in [2.05, 4.69) is 100 Å². The average Bonchev–Trinajstić information content (AvgIpc) is 4.20. The number of nitrogens with zero attached hydrogens (tertiary/aromatic N) is 4. The molecule has 0 radical (unpaired) electrons. The van der Waals surface area contributed by atoms with Gasteiger partial charge in [0.05, 0.1) is 0 Å². The fraction of sp³-hybridized carbons (Fsp3) is 0.129. The van der Waals surface area contributed by atoms with Gasteiger partial charge in [-0.25, -0.2) is 0 Å².